The summed E-state index contributed by atoms with van der Waals surface area (Å²) in [5, 5.41) is 12.6. The molecule has 0 saturated carbocycles. The van der Waals surface area contributed by atoms with E-state index in [9.17, 15) is 0 Å². The van der Waals surface area contributed by atoms with E-state index in [1.165, 1.54) is 4.80 Å². The van der Waals surface area contributed by atoms with E-state index in [0.29, 0.717) is 21.4 Å². The Morgan fingerprint density at radius 1 is 1.21 bits per heavy atom. The van der Waals surface area contributed by atoms with Gasteiger partial charge in [0.25, 0.3) is 0 Å². The normalized spacial score (nSPS) is 10.5. The van der Waals surface area contributed by atoms with Gasteiger partial charge in [0.15, 0.2) is 0 Å². The van der Waals surface area contributed by atoms with E-state index >= 15 is 0 Å². The molecule has 1 heterocycles. The van der Waals surface area contributed by atoms with Crippen molar-refractivity contribution in [3.8, 4) is 11.4 Å². The highest BCUT2D eigenvalue weighted by Gasteiger charge is 2.12. The first kappa shape index (κ1) is 9.43. The number of rotatable bonds is 1. The summed E-state index contributed by atoms with van der Waals surface area (Å²) in [5.74, 6) is 0.433. The second-order valence-electron chi connectivity index (χ2n) is 2.70. The predicted molar refractivity (Wildman–Crippen MR) is 54.3 cm³/mol. The maximum Gasteiger partial charge on any atom is 0.207 e. The van der Waals surface area contributed by atoms with Gasteiger partial charge in [-0.1, -0.05) is 29.3 Å². The van der Waals surface area contributed by atoms with Gasteiger partial charge in [0.1, 0.15) is 0 Å². The van der Waals surface area contributed by atoms with Crippen LogP contribution in [0.1, 0.15) is 0 Å². The van der Waals surface area contributed by atoms with Crippen LogP contribution in [0, 0.1) is 0 Å². The summed E-state index contributed by atoms with van der Waals surface area (Å²) in [4.78, 5) is 1.36. The van der Waals surface area contributed by atoms with Crippen molar-refractivity contribution in [3.63, 3.8) is 0 Å². The summed E-state index contributed by atoms with van der Waals surface area (Å²) in [6.45, 7) is 0. The maximum absolute atomic E-state index is 5.97. The van der Waals surface area contributed by atoms with Crippen molar-refractivity contribution < 1.29 is 0 Å². The number of nitrogens with zero attached hydrogens (tertiary/aromatic N) is 4. The number of aryl methyl sites for hydroxylation is 1. The highest BCUT2D eigenvalue weighted by atomic mass is 35.5. The summed E-state index contributed by atoms with van der Waals surface area (Å²) in [6, 6.07) is 5.24. The molecule has 1 aromatic carbocycles. The second kappa shape index (κ2) is 3.55. The van der Waals surface area contributed by atoms with Crippen LogP contribution in [0.25, 0.3) is 11.4 Å². The summed E-state index contributed by atoms with van der Waals surface area (Å²) in [7, 11) is 1.68. The molecule has 0 spiro atoms. The topological polar surface area (TPSA) is 43.6 Å². The molecule has 2 aromatic rings. The molecule has 1 aromatic heterocycles. The van der Waals surface area contributed by atoms with Gasteiger partial charge in [-0.15, -0.1) is 10.2 Å². The molecule has 0 aliphatic heterocycles. The van der Waals surface area contributed by atoms with E-state index < -0.39 is 0 Å². The lowest BCUT2D eigenvalue weighted by Gasteiger charge is -2.00. The standard InChI is InChI=1S/C8H6Cl2N4/c1-14-12-8(11-13-14)7-5(9)3-2-4-6(7)10/h2-4H,1H3. The molecular weight excluding hydrogens is 223 g/mol. The molecular formula is C8H6Cl2N4. The smallest absolute Gasteiger partial charge is 0.167 e. The van der Waals surface area contributed by atoms with Crippen molar-refractivity contribution in [2.24, 2.45) is 7.05 Å². The molecule has 0 radical (unpaired) electrons. The molecule has 0 atom stereocenters. The van der Waals surface area contributed by atoms with Crippen molar-refractivity contribution in [1.82, 2.24) is 20.2 Å². The summed E-state index contributed by atoms with van der Waals surface area (Å²) in [5.41, 5.74) is 0.615. The molecule has 0 fully saturated rings. The molecule has 4 nitrogen and oxygen atoms in total. The van der Waals surface area contributed by atoms with Gasteiger partial charge in [0.05, 0.1) is 22.7 Å². The van der Waals surface area contributed by atoms with Crippen molar-refractivity contribution in [2.75, 3.05) is 0 Å². The van der Waals surface area contributed by atoms with E-state index in [1.54, 1.807) is 25.2 Å². The van der Waals surface area contributed by atoms with Crippen molar-refractivity contribution >= 4 is 23.2 Å². The van der Waals surface area contributed by atoms with Crippen LogP contribution >= 0.6 is 23.2 Å². The third kappa shape index (κ3) is 1.58. The van der Waals surface area contributed by atoms with Crippen LogP contribution in [0.5, 0.6) is 0 Å². The Kier molecular flexibility index (Phi) is 2.39. The minimum atomic E-state index is 0.433. The van der Waals surface area contributed by atoms with Crippen LogP contribution in [0.15, 0.2) is 18.2 Å². The van der Waals surface area contributed by atoms with Crippen LogP contribution in [-0.4, -0.2) is 20.2 Å². The molecule has 0 N–H and O–H groups in total. The average molecular weight is 229 g/mol. The number of hydrogen-bond acceptors (Lipinski definition) is 3. The highest BCUT2D eigenvalue weighted by Crippen LogP contribution is 2.31. The lowest BCUT2D eigenvalue weighted by atomic mass is 10.2. The average Bonchev–Trinajstić information content (AvgIpc) is 2.51. The molecule has 0 aliphatic carbocycles. The van der Waals surface area contributed by atoms with Crippen LogP contribution in [0.3, 0.4) is 0 Å². The third-order valence-electron chi connectivity index (χ3n) is 1.69. The van der Waals surface area contributed by atoms with Crippen LogP contribution < -0.4 is 0 Å². The molecule has 0 amide bonds. The largest absolute Gasteiger partial charge is 0.207 e. The van der Waals surface area contributed by atoms with Crippen molar-refractivity contribution in [3.05, 3.63) is 28.2 Å². The Labute approximate surface area is 90.4 Å². The van der Waals surface area contributed by atoms with E-state index in [-0.39, 0.29) is 0 Å². The highest BCUT2D eigenvalue weighted by molar-refractivity contribution is 6.38. The fourth-order valence-corrected chi connectivity index (χ4v) is 1.66. The van der Waals surface area contributed by atoms with E-state index in [4.69, 9.17) is 23.2 Å². The fourth-order valence-electron chi connectivity index (χ4n) is 1.10. The molecule has 2 rings (SSSR count). The first-order valence-electron chi connectivity index (χ1n) is 3.87. The van der Waals surface area contributed by atoms with Gasteiger partial charge in [-0.05, 0) is 17.3 Å². The zero-order valence-electron chi connectivity index (χ0n) is 7.28. The number of hydrogen-bond donors (Lipinski definition) is 0. The molecule has 0 unspecified atom stereocenters. The van der Waals surface area contributed by atoms with E-state index in [1.807, 2.05) is 0 Å². The van der Waals surface area contributed by atoms with Gasteiger partial charge in [0.2, 0.25) is 5.82 Å². The monoisotopic (exact) mass is 228 g/mol. The Morgan fingerprint density at radius 2 is 1.86 bits per heavy atom. The van der Waals surface area contributed by atoms with Crippen LogP contribution in [-0.2, 0) is 7.05 Å². The first-order chi connectivity index (χ1) is 6.68. The van der Waals surface area contributed by atoms with E-state index in [0.717, 1.165) is 0 Å². The number of tetrazole rings is 1. The van der Waals surface area contributed by atoms with Gasteiger partial charge < -0.3 is 0 Å². The Balaban J connectivity index is 2.61. The van der Waals surface area contributed by atoms with Crippen molar-refractivity contribution in [1.29, 1.82) is 0 Å². The Hall–Kier alpha value is -1.13. The minimum absolute atomic E-state index is 0.433. The maximum atomic E-state index is 5.97. The van der Waals surface area contributed by atoms with Gasteiger partial charge in [-0.25, -0.2) is 0 Å². The summed E-state index contributed by atoms with van der Waals surface area (Å²) >= 11 is 11.9. The van der Waals surface area contributed by atoms with Crippen LogP contribution in [0.2, 0.25) is 10.0 Å². The first-order valence-corrected chi connectivity index (χ1v) is 4.62. The molecule has 0 saturated heterocycles. The van der Waals surface area contributed by atoms with Gasteiger partial charge in [-0.3, -0.25) is 0 Å². The van der Waals surface area contributed by atoms with Gasteiger partial charge >= 0.3 is 0 Å². The minimum Gasteiger partial charge on any atom is -0.167 e. The molecule has 72 valence electrons. The quantitative estimate of drug-likeness (QED) is 0.752. The third-order valence-corrected chi connectivity index (χ3v) is 2.32. The summed E-state index contributed by atoms with van der Waals surface area (Å²) < 4.78 is 0. The lowest BCUT2D eigenvalue weighted by molar-refractivity contribution is 0.630. The van der Waals surface area contributed by atoms with Gasteiger partial charge in [-0.2, -0.15) is 4.80 Å². The zero-order chi connectivity index (χ0) is 10.1. The molecule has 6 heteroatoms. The number of benzene rings is 1. The second-order valence-corrected chi connectivity index (χ2v) is 3.51. The number of halogens is 2. The zero-order valence-corrected chi connectivity index (χ0v) is 8.79. The Bertz CT molecular complexity index is 446. The number of aromatic nitrogens is 4. The van der Waals surface area contributed by atoms with Crippen molar-refractivity contribution in [2.45, 2.75) is 0 Å². The molecule has 14 heavy (non-hydrogen) atoms. The Morgan fingerprint density at radius 3 is 2.36 bits per heavy atom. The van der Waals surface area contributed by atoms with Crippen LogP contribution in [0.4, 0.5) is 0 Å². The van der Waals surface area contributed by atoms with Gasteiger partial charge in [0, 0.05) is 0 Å². The fraction of sp³-hybridized carbons (Fsp3) is 0.125. The SMILES string of the molecule is Cn1nnc(-c2c(Cl)cccc2Cl)n1. The lowest BCUT2D eigenvalue weighted by Crippen LogP contribution is -1.92. The molecule has 0 bridgehead atoms. The van der Waals surface area contributed by atoms with E-state index in [2.05, 4.69) is 15.4 Å². The predicted octanol–water partition coefficient (Wildman–Crippen LogP) is 2.18. The molecule has 0 aliphatic rings. The summed E-state index contributed by atoms with van der Waals surface area (Å²) in [6.07, 6.45) is 0.